The van der Waals surface area contributed by atoms with Crippen LogP contribution in [0, 0.1) is 0 Å². The van der Waals surface area contributed by atoms with Crippen LogP contribution < -0.4 is 10.6 Å². The number of ether oxygens (including phenoxy) is 1. The average Bonchev–Trinajstić information content (AvgIpc) is 2.83. The number of hydrogen-bond acceptors (Lipinski definition) is 7. The molecule has 0 aliphatic carbocycles. The molecule has 2 aromatic heterocycles. The second-order valence-corrected chi connectivity index (χ2v) is 8.56. The molecule has 2 aliphatic rings. The van der Waals surface area contributed by atoms with Crippen molar-refractivity contribution in [2.45, 2.75) is 24.9 Å². The van der Waals surface area contributed by atoms with Gasteiger partial charge in [-0.25, -0.2) is 9.97 Å². The molecule has 0 saturated carbocycles. The van der Waals surface area contributed by atoms with Crippen molar-refractivity contribution >= 4 is 16.9 Å². The van der Waals surface area contributed by atoms with Gasteiger partial charge in [-0.3, -0.25) is 4.98 Å². The van der Waals surface area contributed by atoms with Gasteiger partial charge in [-0.15, -0.1) is 0 Å². The summed E-state index contributed by atoms with van der Waals surface area (Å²) < 4.78 is 5.81. The van der Waals surface area contributed by atoms with Crippen LogP contribution in [-0.4, -0.2) is 72.3 Å². The summed E-state index contributed by atoms with van der Waals surface area (Å²) in [6.45, 7) is 5.52. The number of morpholine rings is 1. The van der Waals surface area contributed by atoms with E-state index in [1.807, 2.05) is 6.07 Å². The van der Waals surface area contributed by atoms with Crippen LogP contribution in [0.15, 0.2) is 42.7 Å². The minimum Gasteiger partial charge on any atom is -0.374 e. The molecule has 2 N–H and O–H groups in total. The fraction of sp³-hybridized carbons (Fsp3) is 0.458. The van der Waals surface area contributed by atoms with Crippen LogP contribution in [0.2, 0.25) is 0 Å². The van der Waals surface area contributed by atoms with E-state index in [2.05, 4.69) is 56.8 Å². The van der Waals surface area contributed by atoms with Gasteiger partial charge in [0.1, 0.15) is 5.52 Å². The van der Waals surface area contributed by atoms with Gasteiger partial charge in [0.05, 0.1) is 23.9 Å². The summed E-state index contributed by atoms with van der Waals surface area (Å²) in [4.78, 5) is 16.4. The zero-order valence-corrected chi connectivity index (χ0v) is 18.1. The van der Waals surface area contributed by atoms with E-state index in [9.17, 15) is 0 Å². The van der Waals surface area contributed by atoms with E-state index in [-0.39, 0.29) is 6.10 Å². The van der Waals surface area contributed by atoms with Crippen LogP contribution in [0.25, 0.3) is 22.3 Å². The third-order valence-corrected chi connectivity index (χ3v) is 6.35. The summed E-state index contributed by atoms with van der Waals surface area (Å²) >= 11 is 0. The number of fused-ring (bicyclic) bond motifs is 1. The highest BCUT2D eigenvalue weighted by Gasteiger charge is 2.19. The summed E-state index contributed by atoms with van der Waals surface area (Å²) in [5.41, 5.74) is 5.07. The van der Waals surface area contributed by atoms with Gasteiger partial charge >= 0.3 is 0 Å². The van der Waals surface area contributed by atoms with Gasteiger partial charge in [0.25, 0.3) is 0 Å². The predicted octanol–water partition coefficient (Wildman–Crippen LogP) is 2.90. The molecule has 7 heteroatoms. The highest BCUT2D eigenvalue weighted by atomic mass is 16.5. The fourth-order valence-electron chi connectivity index (χ4n) is 4.47. The standard InChI is InChI=1S/C24H30N6O/c1-30-11-6-18(7-12-30)17-2-4-19(5-3-17)21-14-22-23(27-9-8-26-22)24(29-21)28-16-20-15-25-10-13-31-20/h2-5,8-9,14,18,20,25H,6-7,10-13,15-16H2,1H3,(H,28,29)/t20-/m0/s1. The van der Waals surface area contributed by atoms with Crippen molar-refractivity contribution in [1.29, 1.82) is 0 Å². The molecule has 7 nitrogen and oxygen atoms in total. The Labute approximate surface area is 183 Å². The Morgan fingerprint density at radius 2 is 1.94 bits per heavy atom. The Morgan fingerprint density at radius 1 is 1.13 bits per heavy atom. The first-order valence-corrected chi connectivity index (χ1v) is 11.2. The molecule has 31 heavy (non-hydrogen) atoms. The SMILES string of the molecule is CN1CCC(c2ccc(-c3cc4nccnc4c(NC[C@@H]4CNCCO4)n3)cc2)CC1. The van der Waals surface area contributed by atoms with Crippen LogP contribution in [0.5, 0.6) is 0 Å². The molecule has 162 valence electrons. The fourth-order valence-corrected chi connectivity index (χ4v) is 4.47. The maximum absolute atomic E-state index is 5.81. The molecule has 0 amide bonds. The number of piperidine rings is 1. The predicted molar refractivity (Wildman–Crippen MR) is 123 cm³/mol. The molecule has 2 aliphatic heterocycles. The van der Waals surface area contributed by atoms with Crippen molar-refractivity contribution in [3.8, 4) is 11.3 Å². The lowest BCUT2D eigenvalue weighted by Crippen LogP contribution is -2.42. The van der Waals surface area contributed by atoms with Crippen molar-refractivity contribution in [2.75, 3.05) is 51.7 Å². The Balaban J connectivity index is 1.39. The third-order valence-electron chi connectivity index (χ3n) is 6.35. The van der Waals surface area contributed by atoms with Crippen LogP contribution >= 0.6 is 0 Å². The summed E-state index contributed by atoms with van der Waals surface area (Å²) in [6, 6.07) is 10.9. The number of anilines is 1. The molecule has 0 spiro atoms. The zero-order chi connectivity index (χ0) is 21.0. The van der Waals surface area contributed by atoms with E-state index in [1.165, 1.54) is 31.5 Å². The van der Waals surface area contributed by atoms with Gasteiger partial charge < -0.3 is 20.3 Å². The number of pyridine rings is 1. The first kappa shape index (κ1) is 20.3. The highest BCUT2D eigenvalue weighted by molar-refractivity contribution is 5.88. The summed E-state index contributed by atoms with van der Waals surface area (Å²) in [6.07, 6.45) is 6.02. The van der Waals surface area contributed by atoms with E-state index in [0.29, 0.717) is 12.5 Å². The molecule has 2 fully saturated rings. The molecule has 5 rings (SSSR count). The first-order valence-electron chi connectivity index (χ1n) is 11.2. The van der Waals surface area contributed by atoms with Gasteiger partial charge in [0.15, 0.2) is 5.82 Å². The number of aromatic nitrogens is 3. The van der Waals surface area contributed by atoms with Crippen molar-refractivity contribution in [3.63, 3.8) is 0 Å². The lowest BCUT2D eigenvalue weighted by atomic mass is 9.89. The number of likely N-dealkylation sites (tertiary alicyclic amines) is 1. The molecule has 0 radical (unpaired) electrons. The quantitative estimate of drug-likeness (QED) is 0.660. The van der Waals surface area contributed by atoms with Crippen LogP contribution in [0.3, 0.4) is 0 Å². The molecule has 0 unspecified atom stereocenters. The molecule has 2 saturated heterocycles. The van der Waals surface area contributed by atoms with Crippen LogP contribution in [0.1, 0.15) is 24.3 Å². The lowest BCUT2D eigenvalue weighted by molar-refractivity contribution is 0.0372. The minimum atomic E-state index is 0.125. The smallest absolute Gasteiger partial charge is 0.154 e. The van der Waals surface area contributed by atoms with E-state index in [1.54, 1.807) is 12.4 Å². The maximum Gasteiger partial charge on any atom is 0.154 e. The lowest BCUT2D eigenvalue weighted by Gasteiger charge is -2.29. The Morgan fingerprint density at radius 3 is 2.71 bits per heavy atom. The molecular weight excluding hydrogens is 388 g/mol. The molecule has 1 atom stereocenters. The van der Waals surface area contributed by atoms with Gasteiger partial charge in [-0.1, -0.05) is 24.3 Å². The molecular formula is C24H30N6O. The summed E-state index contributed by atoms with van der Waals surface area (Å²) in [5.74, 6) is 1.41. The number of benzene rings is 1. The van der Waals surface area contributed by atoms with Gasteiger partial charge in [0, 0.05) is 37.6 Å². The molecule has 3 aromatic rings. The second-order valence-electron chi connectivity index (χ2n) is 8.56. The molecule has 4 heterocycles. The second kappa shape index (κ2) is 9.26. The first-order chi connectivity index (χ1) is 15.3. The topological polar surface area (TPSA) is 75.2 Å². The Bertz CT molecular complexity index is 1010. The maximum atomic E-state index is 5.81. The number of nitrogens with zero attached hydrogens (tertiary/aromatic N) is 4. The summed E-state index contributed by atoms with van der Waals surface area (Å²) in [7, 11) is 2.20. The van der Waals surface area contributed by atoms with Gasteiger partial charge in [0.2, 0.25) is 0 Å². The largest absolute Gasteiger partial charge is 0.374 e. The van der Waals surface area contributed by atoms with E-state index in [0.717, 1.165) is 47.8 Å². The normalized spacial score (nSPS) is 20.7. The molecule has 1 aromatic carbocycles. The van der Waals surface area contributed by atoms with Crippen LogP contribution in [-0.2, 0) is 4.74 Å². The highest BCUT2D eigenvalue weighted by Crippen LogP contribution is 2.30. The van der Waals surface area contributed by atoms with Crippen molar-refractivity contribution < 1.29 is 4.74 Å². The third kappa shape index (κ3) is 4.69. The monoisotopic (exact) mass is 418 g/mol. The van der Waals surface area contributed by atoms with Gasteiger partial charge in [-0.05, 0) is 50.5 Å². The summed E-state index contributed by atoms with van der Waals surface area (Å²) in [5, 5.41) is 6.82. The van der Waals surface area contributed by atoms with E-state index >= 15 is 0 Å². The average molecular weight is 419 g/mol. The number of rotatable bonds is 5. The number of nitrogens with one attached hydrogen (secondary N) is 2. The number of hydrogen-bond donors (Lipinski definition) is 2. The van der Waals surface area contributed by atoms with Crippen molar-refractivity contribution in [1.82, 2.24) is 25.2 Å². The van der Waals surface area contributed by atoms with Crippen molar-refractivity contribution in [3.05, 3.63) is 48.3 Å². The zero-order valence-electron chi connectivity index (χ0n) is 18.1. The van der Waals surface area contributed by atoms with Crippen LogP contribution in [0.4, 0.5) is 5.82 Å². The Kier molecular flexibility index (Phi) is 6.06. The molecule has 0 bridgehead atoms. The Hall–Kier alpha value is -2.61. The van der Waals surface area contributed by atoms with E-state index in [4.69, 9.17) is 9.72 Å². The minimum absolute atomic E-state index is 0.125. The van der Waals surface area contributed by atoms with E-state index < -0.39 is 0 Å². The van der Waals surface area contributed by atoms with Crippen molar-refractivity contribution in [2.24, 2.45) is 0 Å². The van der Waals surface area contributed by atoms with Gasteiger partial charge in [-0.2, -0.15) is 0 Å².